The molecule has 2 rings (SSSR count). The summed E-state index contributed by atoms with van der Waals surface area (Å²) in [6.07, 6.45) is 1.81. The molecule has 3 heteroatoms. The van der Waals surface area contributed by atoms with Crippen LogP contribution in [0.25, 0.3) is 11.3 Å². The van der Waals surface area contributed by atoms with E-state index in [1.807, 2.05) is 6.20 Å². The van der Waals surface area contributed by atoms with Crippen molar-refractivity contribution in [2.75, 3.05) is 0 Å². The molecule has 0 radical (unpaired) electrons. The summed E-state index contributed by atoms with van der Waals surface area (Å²) in [6, 6.07) is 4.89. The molecule has 10 heavy (non-hydrogen) atoms. The van der Waals surface area contributed by atoms with Crippen LogP contribution in [0.15, 0.2) is 29.2 Å². The average molecular weight is 134 g/mol. The van der Waals surface area contributed by atoms with Crippen molar-refractivity contribution < 1.29 is 0 Å². The average Bonchev–Trinajstić information content (AvgIpc) is 2.33. The highest BCUT2D eigenvalue weighted by Gasteiger charge is 1.99. The number of H-pyrrole nitrogens is 2. The molecule has 0 aromatic heterocycles. The number of hydrogen-bond donors (Lipinski definition) is 2. The Morgan fingerprint density at radius 1 is 1.30 bits per heavy atom. The molecule has 1 aliphatic heterocycles. The first-order valence-corrected chi connectivity index (χ1v) is 3.02. The van der Waals surface area contributed by atoms with Gasteiger partial charge in [-0.3, -0.25) is 4.79 Å². The van der Waals surface area contributed by atoms with E-state index in [2.05, 4.69) is 10.2 Å². The molecule has 0 spiro atoms. The van der Waals surface area contributed by atoms with Crippen LogP contribution in [-0.4, -0.2) is 10.2 Å². The molecule has 50 valence electrons. The third kappa shape index (κ3) is 0.639. The second kappa shape index (κ2) is 1.73. The van der Waals surface area contributed by atoms with Crippen molar-refractivity contribution in [2.24, 2.45) is 0 Å². The Hall–Kier alpha value is -1.51. The molecule has 3 nitrogen and oxygen atoms in total. The van der Waals surface area contributed by atoms with Gasteiger partial charge in [-0.1, -0.05) is 0 Å². The second-order valence-electron chi connectivity index (χ2n) is 2.16. The van der Waals surface area contributed by atoms with Gasteiger partial charge in [-0.25, -0.2) is 0 Å². The molecule has 0 aromatic carbocycles. The van der Waals surface area contributed by atoms with Gasteiger partial charge in [0.2, 0.25) is 0 Å². The van der Waals surface area contributed by atoms with Crippen LogP contribution in [0.5, 0.6) is 0 Å². The van der Waals surface area contributed by atoms with Crippen LogP contribution in [0.2, 0.25) is 0 Å². The minimum atomic E-state index is 0.0309. The topological polar surface area (TPSA) is 48.6 Å². The van der Waals surface area contributed by atoms with Gasteiger partial charge in [0, 0.05) is 17.8 Å². The van der Waals surface area contributed by atoms with E-state index in [1.54, 1.807) is 18.2 Å². The van der Waals surface area contributed by atoms with E-state index in [0.717, 1.165) is 11.3 Å². The number of benzene rings is 1. The predicted molar refractivity (Wildman–Crippen MR) is 38.0 cm³/mol. The minimum absolute atomic E-state index is 0.0309. The molecule has 2 aliphatic rings. The van der Waals surface area contributed by atoms with E-state index < -0.39 is 0 Å². The molecule has 0 fully saturated rings. The Morgan fingerprint density at radius 3 is 3.10 bits per heavy atom. The molecule has 0 bridgehead atoms. The van der Waals surface area contributed by atoms with Crippen molar-refractivity contribution >= 4 is 0 Å². The largest absolute Gasteiger partial charge is 0.307 e. The van der Waals surface area contributed by atoms with Gasteiger partial charge in [0.25, 0.3) is 0 Å². The van der Waals surface area contributed by atoms with E-state index in [4.69, 9.17) is 0 Å². The molecule has 0 atom stereocenters. The number of hydrogen-bond acceptors (Lipinski definition) is 1. The monoisotopic (exact) mass is 134 g/mol. The molecule has 1 heterocycles. The predicted octanol–water partition coefficient (Wildman–Crippen LogP) is 0.808. The van der Waals surface area contributed by atoms with Gasteiger partial charge < -0.3 is 10.2 Å². The Kier molecular flexibility index (Phi) is 0.917. The fraction of sp³-hybridized carbons (Fsp3) is 0. The fourth-order valence-electron chi connectivity index (χ4n) is 0.961. The van der Waals surface area contributed by atoms with Gasteiger partial charge in [-0.15, -0.1) is 0 Å². The van der Waals surface area contributed by atoms with Gasteiger partial charge in [-0.2, -0.15) is 0 Å². The van der Waals surface area contributed by atoms with Crippen molar-refractivity contribution in [3.8, 4) is 11.3 Å². The summed E-state index contributed by atoms with van der Waals surface area (Å²) in [5.41, 5.74) is 1.91. The lowest BCUT2D eigenvalue weighted by atomic mass is 10.2. The van der Waals surface area contributed by atoms with Crippen molar-refractivity contribution in [2.45, 2.75) is 0 Å². The molecule has 1 aliphatic carbocycles. The quantitative estimate of drug-likeness (QED) is 0.550. The summed E-state index contributed by atoms with van der Waals surface area (Å²) in [4.78, 5) is 10.7. The van der Waals surface area contributed by atoms with Gasteiger partial charge >= 0.3 is 0 Å². The van der Waals surface area contributed by atoms with Crippen LogP contribution < -0.4 is 5.43 Å². The Labute approximate surface area is 57.0 Å². The van der Waals surface area contributed by atoms with Crippen molar-refractivity contribution in [3.05, 3.63) is 34.6 Å². The van der Waals surface area contributed by atoms with Gasteiger partial charge in [0.05, 0.1) is 5.69 Å². The van der Waals surface area contributed by atoms with E-state index >= 15 is 0 Å². The third-order valence-electron chi connectivity index (χ3n) is 1.46. The summed E-state index contributed by atoms with van der Waals surface area (Å²) in [5, 5.41) is 5.64. The van der Waals surface area contributed by atoms with Gasteiger partial charge in [0.1, 0.15) is 0 Å². The maximum Gasteiger partial charge on any atom is 0.180 e. The van der Waals surface area contributed by atoms with Crippen LogP contribution >= 0.6 is 0 Å². The minimum Gasteiger partial charge on any atom is -0.307 e. The Bertz CT molecular complexity index is 360. The first-order valence-electron chi connectivity index (χ1n) is 3.02. The normalized spacial score (nSPS) is 10.4. The van der Waals surface area contributed by atoms with Crippen molar-refractivity contribution in [3.63, 3.8) is 0 Å². The summed E-state index contributed by atoms with van der Waals surface area (Å²) in [6.45, 7) is 0. The number of aromatic amines is 2. The van der Waals surface area contributed by atoms with Crippen LogP contribution in [0, 0.1) is 0 Å². The lowest BCUT2D eigenvalue weighted by Gasteiger charge is -1.89. The number of fused-ring (bicyclic) bond motifs is 1. The maximum atomic E-state index is 10.7. The Morgan fingerprint density at radius 2 is 2.20 bits per heavy atom. The highest BCUT2D eigenvalue weighted by Crippen LogP contribution is 2.13. The first kappa shape index (κ1) is 5.29. The Balaban J connectivity index is 2.87. The zero-order chi connectivity index (χ0) is 6.97. The summed E-state index contributed by atoms with van der Waals surface area (Å²) >= 11 is 0. The smallest absolute Gasteiger partial charge is 0.180 e. The summed E-state index contributed by atoms with van der Waals surface area (Å²) < 4.78 is 0. The van der Waals surface area contributed by atoms with E-state index in [-0.39, 0.29) is 5.43 Å². The molecule has 0 aromatic rings. The molecule has 0 unspecified atom stereocenters. The second-order valence-corrected chi connectivity index (χ2v) is 2.16. The molecule has 0 saturated heterocycles. The third-order valence-corrected chi connectivity index (χ3v) is 1.46. The lowest BCUT2D eigenvalue weighted by Crippen LogP contribution is -1.95. The first-order chi connectivity index (χ1) is 4.86. The summed E-state index contributed by atoms with van der Waals surface area (Å²) in [7, 11) is 0. The standard InChI is InChI=1S/C7H6N2O/c10-6-2-1-5-4-8-9-7(5)3-6/h1-4,8-9H. The molecular formula is C7H6N2O. The lowest BCUT2D eigenvalue weighted by molar-refractivity contribution is 1.10. The highest BCUT2D eigenvalue weighted by atomic mass is 16.1. The van der Waals surface area contributed by atoms with E-state index in [1.165, 1.54) is 0 Å². The van der Waals surface area contributed by atoms with Crippen molar-refractivity contribution in [1.82, 2.24) is 10.2 Å². The highest BCUT2D eigenvalue weighted by molar-refractivity contribution is 5.58. The van der Waals surface area contributed by atoms with Crippen LogP contribution in [0.1, 0.15) is 0 Å². The van der Waals surface area contributed by atoms with Crippen molar-refractivity contribution in [1.29, 1.82) is 0 Å². The fourth-order valence-corrected chi connectivity index (χ4v) is 0.961. The number of aromatic nitrogens is 2. The van der Waals surface area contributed by atoms with Gasteiger partial charge in [0.15, 0.2) is 5.43 Å². The van der Waals surface area contributed by atoms with Crippen LogP contribution in [0.3, 0.4) is 0 Å². The molecule has 2 N–H and O–H groups in total. The number of rotatable bonds is 0. The van der Waals surface area contributed by atoms with Crippen LogP contribution in [-0.2, 0) is 0 Å². The number of nitrogens with one attached hydrogen (secondary N) is 2. The van der Waals surface area contributed by atoms with Crippen LogP contribution in [0.4, 0.5) is 0 Å². The summed E-state index contributed by atoms with van der Waals surface area (Å²) in [5.74, 6) is 0. The molecule has 0 amide bonds. The zero-order valence-electron chi connectivity index (χ0n) is 5.22. The molecule has 0 saturated carbocycles. The zero-order valence-corrected chi connectivity index (χ0v) is 5.22. The molecular weight excluding hydrogens is 128 g/mol. The SMILES string of the molecule is O=c1ccc2c[nH][nH]c-2c1. The maximum absolute atomic E-state index is 10.7. The van der Waals surface area contributed by atoms with E-state index in [0.29, 0.717) is 0 Å². The van der Waals surface area contributed by atoms with Gasteiger partial charge in [-0.05, 0) is 12.1 Å². The van der Waals surface area contributed by atoms with E-state index in [9.17, 15) is 4.79 Å².